The molecule has 2 aromatic heterocycles. The van der Waals surface area contributed by atoms with E-state index in [4.69, 9.17) is 11.6 Å². The van der Waals surface area contributed by atoms with Gasteiger partial charge in [-0.25, -0.2) is 18.2 Å². The number of amides is 3. The Labute approximate surface area is 315 Å². The summed E-state index contributed by atoms with van der Waals surface area (Å²) in [6.45, 7) is 4.45. The number of rotatable bonds is 11. The molecule has 2 N–H and O–H groups in total. The second kappa shape index (κ2) is 16.3. The summed E-state index contributed by atoms with van der Waals surface area (Å²) in [5.74, 6) is -3.78. The van der Waals surface area contributed by atoms with Gasteiger partial charge in [0, 0.05) is 73.3 Å². The number of hydrogen-bond acceptors (Lipinski definition) is 6. The van der Waals surface area contributed by atoms with Crippen molar-refractivity contribution in [2.24, 2.45) is 13.0 Å². The van der Waals surface area contributed by atoms with Crippen LogP contribution in [0.15, 0.2) is 67.0 Å². The molecule has 3 heterocycles. The van der Waals surface area contributed by atoms with E-state index in [1.54, 1.807) is 17.0 Å². The molecule has 6 rings (SSSR count). The number of anilines is 1. The van der Waals surface area contributed by atoms with Crippen LogP contribution in [0.25, 0.3) is 33.6 Å². The summed E-state index contributed by atoms with van der Waals surface area (Å²) in [7, 11) is 5.46. The molecule has 282 valence electrons. The molecule has 54 heavy (non-hydrogen) atoms. The molecule has 1 atom stereocenters. The maximum atomic E-state index is 15.6. The van der Waals surface area contributed by atoms with Crippen LogP contribution >= 0.6 is 11.6 Å². The molecule has 5 aromatic rings. The Morgan fingerprint density at radius 2 is 1.65 bits per heavy atom. The SMILES string of the molecule is CCC(CCN(C)C)C(=O)N1CCN(C(=O)c2ccc(NC(=O)c3ncc(-c4ccc(-c5c[nH]nc5-c5cccc(F)c5)c(F)c4F)n3C)cc2Cl)CC1. The average Bonchev–Trinajstić information content (AvgIpc) is 3.80. The Morgan fingerprint density at radius 3 is 2.33 bits per heavy atom. The molecule has 0 saturated carbocycles. The molecule has 1 aliphatic heterocycles. The summed E-state index contributed by atoms with van der Waals surface area (Å²) < 4.78 is 46.4. The van der Waals surface area contributed by atoms with Gasteiger partial charge in [0.2, 0.25) is 5.91 Å². The minimum absolute atomic E-state index is 0.0582. The molecule has 1 aliphatic rings. The Hall–Kier alpha value is -5.47. The van der Waals surface area contributed by atoms with Gasteiger partial charge in [-0.2, -0.15) is 5.10 Å². The molecule has 1 fully saturated rings. The monoisotopic (exact) mass is 760 g/mol. The second-order valence-corrected chi connectivity index (χ2v) is 13.8. The number of H-pyrrole nitrogens is 1. The van der Waals surface area contributed by atoms with Gasteiger partial charge >= 0.3 is 0 Å². The van der Waals surface area contributed by atoms with Gasteiger partial charge in [-0.3, -0.25) is 19.5 Å². The van der Waals surface area contributed by atoms with Crippen LogP contribution < -0.4 is 5.32 Å². The second-order valence-electron chi connectivity index (χ2n) is 13.4. The smallest absolute Gasteiger partial charge is 0.291 e. The topological polar surface area (TPSA) is 119 Å². The molecule has 15 heteroatoms. The minimum atomic E-state index is -1.17. The van der Waals surface area contributed by atoms with Crippen LogP contribution in [0.3, 0.4) is 0 Å². The number of aromatic nitrogens is 4. The molecule has 0 aliphatic carbocycles. The van der Waals surface area contributed by atoms with Gasteiger partial charge < -0.3 is 24.6 Å². The Morgan fingerprint density at radius 1 is 0.944 bits per heavy atom. The zero-order chi connectivity index (χ0) is 38.7. The highest BCUT2D eigenvalue weighted by molar-refractivity contribution is 6.34. The van der Waals surface area contributed by atoms with Crippen molar-refractivity contribution < 1.29 is 27.6 Å². The van der Waals surface area contributed by atoms with Crippen molar-refractivity contribution in [3.05, 3.63) is 101 Å². The van der Waals surface area contributed by atoms with E-state index in [2.05, 4.69) is 25.4 Å². The molecule has 0 radical (unpaired) electrons. The number of nitrogens with one attached hydrogen (secondary N) is 2. The maximum Gasteiger partial charge on any atom is 0.291 e. The number of aromatic amines is 1. The van der Waals surface area contributed by atoms with Crippen LogP contribution in [0.4, 0.5) is 18.9 Å². The van der Waals surface area contributed by atoms with Crippen molar-refractivity contribution in [3.63, 3.8) is 0 Å². The summed E-state index contributed by atoms with van der Waals surface area (Å²) in [6.07, 6.45) is 4.20. The quantitative estimate of drug-likeness (QED) is 0.154. The number of nitrogens with zero attached hydrogens (tertiary/aromatic N) is 6. The van der Waals surface area contributed by atoms with Crippen molar-refractivity contribution >= 4 is 35.0 Å². The van der Waals surface area contributed by atoms with Crippen molar-refractivity contribution in [3.8, 4) is 33.6 Å². The van der Waals surface area contributed by atoms with E-state index in [-0.39, 0.29) is 62.2 Å². The molecular weight excluding hydrogens is 721 g/mol. The van der Waals surface area contributed by atoms with Crippen molar-refractivity contribution in [1.29, 1.82) is 0 Å². The lowest BCUT2D eigenvalue weighted by Gasteiger charge is -2.36. The Balaban J connectivity index is 1.11. The van der Waals surface area contributed by atoms with E-state index in [1.165, 1.54) is 66.5 Å². The minimum Gasteiger partial charge on any atom is -0.339 e. The summed E-state index contributed by atoms with van der Waals surface area (Å²) in [6, 6.07) is 12.9. The van der Waals surface area contributed by atoms with E-state index < -0.39 is 23.4 Å². The van der Waals surface area contributed by atoms with Crippen LogP contribution in [0.2, 0.25) is 5.02 Å². The van der Waals surface area contributed by atoms with Crippen molar-refractivity contribution in [2.75, 3.05) is 52.1 Å². The lowest BCUT2D eigenvalue weighted by atomic mass is 9.99. The first-order chi connectivity index (χ1) is 25.9. The Kier molecular flexibility index (Phi) is 11.5. The van der Waals surface area contributed by atoms with Gasteiger partial charge in [0.25, 0.3) is 11.8 Å². The molecular formula is C39H40ClF3N8O3. The predicted molar refractivity (Wildman–Crippen MR) is 200 cm³/mol. The highest BCUT2D eigenvalue weighted by atomic mass is 35.5. The normalized spacial score (nSPS) is 13.7. The zero-order valence-corrected chi connectivity index (χ0v) is 31.1. The lowest BCUT2D eigenvalue weighted by Crippen LogP contribution is -2.52. The highest BCUT2D eigenvalue weighted by Crippen LogP contribution is 2.36. The van der Waals surface area contributed by atoms with E-state index in [0.29, 0.717) is 37.4 Å². The molecule has 11 nitrogen and oxygen atoms in total. The number of halogens is 4. The number of benzene rings is 3. The predicted octanol–water partition coefficient (Wildman–Crippen LogP) is 6.73. The van der Waals surface area contributed by atoms with Crippen LogP contribution in [0.5, 0.6) is 0 Å². The molecule has 0 spiro atoms. The maximum absolute atomic E-state index is 15.6. The summed E-state index contributed by atoms with van der Waals surface area (Å²) in [4.78, 5) is 49.5. The zero-order valence-electron chi connectivity index (χ0n) is 30.3. The fourth-order valence-corrected chi connectivity index (χ4v) is 6.87. The van der Waals surface area contributed by atoms with Gasteiger partial charge in [0.15, 0.2) is 17.5 Å². The van der Waals surface area contributed by atoms with Gasteiger partial charge in [-0.15, -0.1) is 0 Å². The lowest BCUT2D eigenvalue weighted by molar-refractivity contribution is -0.137. The standard InChI is InChI=1S/C39H40ClF3N8O3/c1-5-23(13-14-48(2)3)38(53)50-15-17-51(18-16-50)39(54)28-10-9-26(20-31(28)40)46-37(52)36-44-22-32(49(36)4)29-12-11-27(33(42)34(29)43)30-21-45-47-35(30)24-7-6-8-25(41)19-24/h6-12,19-23H,5,13-18H2,1-4H3,(H,45,47)(H,46,52). The van der Waals surface area contributed by atoms with Gasteiger partial charge in [0.1, 0.15) is 11.5 Å². The highest BCUT2D eigenvalue weighted by Gasteiger charge is 2.30. The largest absolute Gasteiger partial charge is 0.339 e. The van der Waals surface area contributed by atoms with Crippen LogP contribution in [0.1, 0.15) is 40.7 Å². The van der Waals surface area contributed by atoms with Gasteiger partial charge in [0.05, 0.1) is 22.5 Å². The van der Waals surface area contributed by atoms with E-state index in [0.717, 1.165) is 19.4 Å². The van der Waals surface area contributed by atoms with Crippen molar-refractivity contribution in [2.45, 2.75) is 19.8 Å². The van der Waals surface area contributed by atoms with Gasteiger partial charge in [-0.05, 0) is 69.9 Å². The first kappa shape index (κ1) is 38.3. The fraction of sp³-hybridized carbons (Fsp3) is 0.308. The fourth-order valence-electron chi connectivity index (χ4n) is 6.61. The first-order valence-electron chi connectivity index (χ1n) is 17.5. The third-order valence-electron chi connectivity index (χ3n) is 9.68. The molecule has 1 unspecified atom stereocenters. The van der Waals surface area contributed by atoms with E-state index >= 15 is 8.78 Å². The average molecular weight is 761 g/mol. The Bertz CT molecular complexity index is 2200. The van der Waals surface area contributed by atoms with E-state index in [9.17, 15) is 18.8 Å². The third-order valence-corrected chi connectivity index (χ3v) is 9.99. The third kappa shape index (κ3) is 7.90. The summed E-state index contributed by atoms with van der Waals surface area (Å²) >= 11 is 6.53. The van der Waals surface area contributed by atoms with Crippen LogP contribution in [-0.2, 0) is 11.8 Å². The number of carbonyl (C=O) groups is 3. The van der Waals surface area contributed by atoms with E-state index in [1.807, 2.05) is 25.9 Å². The van der Waals surface area contributed by atoms with Crippen molar-refractivity contribution in [1.82, 2.24) is 34.4 Å². The van der Waals surface area contributed by atoms with Crippen LogP contribution in [0, 0.1) is 23.4 Å². The number of imidazole rings is 1. The summed E-state index contributed by atoms with van der Waals surface area (Å²) in [5.41, 5.74) is 1.35. The number of hydrogen-bond donors (Lipinski definition) is 2. The summed E-state index contributed by atoms with van der Waals surface area (Å²) in [5, 5.41) is 9.57. The first-order valence-corrected chi connectivity index (χ1v) is 17.9. The number of carbonyl (C=O) groups excluding carboxylic acids is 3. The van der Waals surface area contributed by atoms with Crippen LogP contribution in [-0.4, -0.2) is 99.0 Å². The molecule has 0 bridgehead atoms. The van der Waals surface area contributed by atoms with Gasteiger partial charge in [-0.1, -0.05) is 36.7 Å². The number of piperazine rings is 1. The molecule has 3 amide bonds. The molecule has 1 saturated heterocycles. The molecule has 3 aromatic carbocycles.